The molecule has 1 aromatic heterocycles. The summed E-state index contributed by atoms with van der Waals surface area (Å²) >= 11 is 0. The highest BCUT2D eigenvalue weighted by molar-refractivity contribution is 7.89. The molecule has 0 atom stereocenters. The first-order chi connectivity index (χ1) is 8.90. The summed E-state index contributed by atoms with van der Waals surface area (Å²) < 4.78 is 44.0. The number of nitrogens with zero attached hydrogens (tertiary/aromatic N) is 2. The molecule has 9 heteroatoms. The van der Waals surface area contributed by atoms with Crippen LogP contribution in [0.2, 0.25) is 0 Å². The Balaban J connectivity index is 2.24. The van der Waals surface area contributed by atoms with Crippen molar-refractivity contribution in [3.05, 3.63) is 35.7 Å². The van der Waals surface area contributed by atoms with Crippen molar-refractivity contribution in [2.24, 2.45) is 0 Å². The van der Waals surface area contributed by atoms with Crippen molar-refractivity contribution in [1.82, 2.24) is 14.9 Å². The molecule has 7 nitrogen and oxygen atoms in total. The number of hydrogen-bond donors (Lipinski definition) is 2. The lowest BCUT2D eigenvalue weighted by Crippen LogP contribution is -2.24. The van der Waals surface area contributed by atoms with Crippen LogP contribution in [0.1, 0.15) is 11.4 Å². The molecule has 0 bridgehead atoms. The number of sulfonamides is 1. The standard InChI is InChI=1S/C10H11FN4O3S/c1-6-2-7(3-8(12)10(6)11)19(16,17)14-4-9-13-5-18-15-9/h2-3,5,14H,4,12H2,1H3. The number of aryl methyl sites for hydroxylation is 1. The molecule has 3 N–H and O–H groups in total. The van der Waals surface area contributed by atoms with Gasteiger partial charge in [0.15, 0.2) is 5.82 Å². The molecule has 102 valence electrons. The van der Waals surface area contributed by atoms with E-state index < -0.39 is 15.8 Å². The molecule has 1 heterocycles. The van der Waals surface area contributed by atoms with Crippen molar-refractivity contribution in [3.8, 4) is 0 Å². The van der Waals surface area contributed by atoms with Crippen LogP contribution in [0.4, 0.5) is 10.1 Å². The Bertz CT molecular complexity index is 662. The van der Waals surface area contributed by atoms with Gasteiger partial charge >= 0.3 is 0 Å². The molecule has 0 saturated carbocycles. The van der Waals surface area contributed by atoms with E-state index in [9.17, 15) is 12.8 Å². The van der Waals surface area contributed by atoms with E-state index in [1.165, 1.54) is 13.0 Å². The maximum atomic E-state index is 13.3. The van der Waals surface area contributed by atoms with Gasteiger partial charge in [-0.2, -0.15) is 4.98 Å². The first kappa shape index (κ1) is 13.4. The molecule has 0 aliphatic heterocycles. The fourth-order valence-electron chi connectivity index (χ4n) is 1.43. The van der Waals surface area contributed by atoms with E-state index in [0.717, 1.165) is 12.5 Å². The third kappa shape index (κ3) is 2.88. The van der Waals surface area contributed by atoms with Gasteiger partial charge in [0, 0.05) is 0 Å². The number of hydrogen-bond acceptors (Lipinski definition) is 6. The minimum absolute atomic E-state index is 0.118. The summed E-state index contributed by atoms with van der Waals surface area (Å²) in [5.74, 6) is -0.438. The number of nitrogens with two attached hydrogens (primary N) is 1. The molecular weight excluding hydrogens is 275 g/mol. The Morgan fingerprint density at radius 2 is 2.21 bits per heavy atom. The van der Waals surface area contributed by atoms with Gasteiger partial charge in [-0.3, -0.25) is 0 Å². The number of benzene rings is 1. The Hall–Kier alpha value is -2.00. The average Bonchev–Trinajstić information content (AvgIpc) is 2.86. The van der Waals surface area contributed by atoms with Crippen LogP contribution in [0.3, 0.4) is 0 Å². The predicted molar refractivity (Wildman–Crippen MR) is 63.9 cm³/mol. The summed E-state index contributed by atoms with van der Waals surface area (Å²) in [5.41, 5.74) is 5.33. The van der Waals surface area contributed by atoms with E-state index in [-0.39, 0.29) is 28.5 Å². The molecule has 0 saturated heterocycles. The lowest BCUT2D eigenvalue weighted by molar-refractivity contribution is 0.409. The zero-order valence-corrected chi connectivity index (χ0v) is 10.7. The molecule has 0 radical (unpaired) electrons. The molecule has 0 fully saturated rings. The summed E-state index contributed by atoms with van der Waals surface area (Å²) in [6, 6.07) is 2.26. The minimum atomic E-state index is -3.82. The monoisotopic (exact) mass is 286 g/mol. The lowest BCUT2D eigenvalue weighted by atomic mass is 10.2. The van der Waals surface area contributed by atoms with E-state index in [4.69, 9.17) is 5.73 Å². The zero-order chi connectivity index (χ0) is 14.0. The molecule has 2 aromatic rings. The SMILES string of the molecule is Cc1cc(S(=O)(=O)NCc2ncon2)cc(N)c1F. The van der Waals surface area contributed by atoms with Crippen molar-refractivity contribution in [2.45, 2.75) is 18.4 Å². The van der Waals surface area contributed by atoms with Gasteiger partial charge in [0.1, 0.15) is 5.82 Å². The summed E-state index contributed by atoms with van der Waals surface area (Å²) in [5, 5.41) is 3.46. The van der Waals surface area contributed by atoms with E-state index in [0.29, 0.717) is 0 Å². The van der Waals surface area contributed by atoms with Gasteiger partial charge in [-0.15, -0.1) is 0 Å². The maximum Gasteiger partial charge on any atom is 0.241 e. The van der Waals surface area contributed by atoms with Crippen molar-refractivity contribution >= 4 is 15.7 Å². The van der Waals surface area contributed by atoms with Crippen LogP contribution in [0.25, 0.3) is 0 Å². The minimum Gasteiger partial charge on any atom is -0.396 e. The Kier molecular flexibility index (Phi) is 3.49. The Morgan fingerprint density at radius 3 is 2.79 bits per heavy atom. The van der Waals surface area contributed by atoms with E-state index in [1.807, 2.05) is 0 Å². The number of halogens is 1. The van der Waals surface area contributed by atoms with Gasteiger partial charge in [0.25, 0.3) is 0 Å². The van der Waals surface area contributed by atoms with Crippen molar-refractivity contribution < 1.29 is 17.3 Å². The third-order valence-corrected chi connectivity index (χ3v) is 3.77. The summed E-state index contributed by atoms with van der Waals surface area (Å²) in [6.07, 6.45) is 1.09. The maximum absolute atomic E-state index is 13.3. The predicted octanol–water partition coefficient (Wildman–Crippen LogP) is 0.578. The molecule has 0 spiro atoms. The first-order valence-corrected chi connectivity index (χ1v) is 6.69. The number of anilines is 1. The van der Waals surface area contributed by atoms with Crippen molar-refractivity contribution in [1.29, 1.82) is 0 Å². The van der Waals surface area contributed by atoms with Crippen LogP contribution in [-0.4, -0.2) is 18.6 Å². The van der Waals surface area contributed by atoms with Crippen molar-refractivity contribution in [3.63, 3.8) is 0 Å². The Morgan fingerprint density at radius 1 is 1.47 bits per heavy atom. The molecule has 0 unspecified atom stereocenters. The highest BCUT2D eigenvalue weighted by Crippen LogP contribution is 2.20. The van der Waals surface area contributed by atoms with Gasteiger partial charge < -0.3 is 10.3 Å². The second-order valence-electron chi connectivity index (χ2n) is 3.82. The van der Waals surface area contributed by atoms with Crippen LogP contribution in [0.5, 0.6) is 0 Å². The fraction of sp³-hybridized carbons (Fsp3) is 0.200. The van der Waals surface area contributed by atoms with E-state index in [2.05, 4.69) is 19.4 Å². The number of rotatable bonds is 4. The van der Waals surface area contributed by atoms with Crippen LogP contribution >= 0.6 is 0 Å². The molecule has 1 aromatic carbocycles. The summed E-state index contributed by atoms with van der Waals surface area (Å²) in [7, 11) is -3.82. The highest BCUT2D eigenvalue weighted by atomic mass is 32.2. The van der Waals surface area contributed by atoms with Crippen molar-refractivity contribution in [2.75, 3.05) is 5.73 Å². The zero-order valence-electron chi connectivity index (χ0n) is 9.92. The van der Waals surface area contributed by atoms with Gasteiger partial charge in [-0.25, -0.2) is 17.5 Å². The number of nitrogens with one attached hydrogen (secondary N) is 1. The largest absolute Gasteiger partial charge is 0.396 e. The normalized spacial score (nSPS) is 11.7. The van der Waals surface area contributed by atoms with Gasteiger partial charge in [-0.1, -0.05) is 5.16 Å². The van der Waals surface area contributed by atoms with Gasteiger partial charge in [-0.05, 0) is 24.6 Å². The second kappa shape index (κ2) is 4.94. The lowest BCUT2D eigenvalue weighted by Gasteiger charge is -2.08. The topological polar surface area (TPSA) is 111 Å². The molecule has 0 aliphatic carbocycles. The van der Waals surface area contributed by atoms with Gasteiger partial charge in [0.2, 0.25) is 16.4 Å². The molecule has 0 amide bonds. The molecule has 0 aliphatic rings. The van der Waals surface area contributed by atoms with Crippen LogP contribution < -0.4 is 10.5 Å². The van der Waals surface area contributed by atoms with Crippen LogP contribution in [0, 0.1) is 12.7 Å². The quantitative estimate of drug-likeness (QED) is 0.795. The van der Waals surface area contributed by atoms with Crippen LogP contribution in [0.15, 0.2) is 27.9 Å². The fourth-order valence-corrected chi connectivity index (χ4v) is 2.53. The third-order valence-electron chi connectivity index (χ3n) is 2.39. The highest BCUT2D eigenvalue weighted by Gasteiger charge is 2.17. The molecule has 19 heavy (non-hydrogen) atoms. The number of aromatic nitrogens is 2. The smallest absolute Gasteiger partial charge is 0.241 e. The second-order valence-corrected chi connectivity index (χ2v) is 5.58. The summed E-state index contributed by atoms with van der Waals surface area (Å²) in [4.78, 5) is 3.55. The number of nitrogen functional groups attached to an aromatic ring is 1. The van der Waals surface area contributed by atoms with Crippen LogP contribution in [-0.2, 0) is 16.6 Å². The molecular formula is C10H11FN4O3S. The average molecular weight is 286 g/mol. The van der Waals surface area contributed by atoms with E-state index >= 15 is 0 Å². The Labute approximate surface area is 108 Å². The first-order valence-electron chi connectivity index (χ1n) is 5.20. The molecule has 2 rings (SSSR count). The summed E-state index contributed by atoms with van der Waals surface area (Å²) in [6.45, 7) is 1.30. The van der Waals surface area contributed by atoms with Gasteiger partial charge in [0.05, 0.1) is 17.1 Å². The van der Waals surface area contributed by atoms with E-state index in [1.54, 1.807) is 0 Å².